The molecule has 2 atom stereocenters. The fourth-order valence-electron chi connectivity index (χ4n) is 2.54. The summed E-state index contributed by atoms with van der Waals surface area (Å²) >= 11 is 0. The van der Waals surface area contributed by atoms with Crippen molar-refractivity contribution in [3.05, 3.63) is 24.0 Å². The lowest BCUT2D eigenvalue weighted by molar-refractivity contribution is -0.145. The van der Waals surface area contributed by atoms with E-state index in [1.54, 1.807) is 0 Å². The molecule has 2 rings (SSSR count). The van der Waals surface area contributed by atoms with E-state index in [0.717, 1.165) is 6.42 Å². The summed E-state index contributed by atoms with van der Waals surface area (Å²) in [5.41, 5.74) is 0.393. The topological polar surface area (TPSA) is 75.6 Å². The molecule has 0 radical (unpaired) electrons. The quantitative estimate of drug-likeness (QED) is 0.887. The van der Waals surface area contributed by atoms with E-state index in [1.165, 1.54) is 25.3 Å². The molecule has 1 aromatic rings. The number of hydrogen-bond acceptors (Lipinski definition) is 3. The largest absolute Gasteiger partial charge is 0.494 e. The molecule has 0 spiro atoms. The number of ether oxygens (including phenoxy) is 1. The maximum atomic E-state index is 13.3. The van der Waals surface area contributed by atoms with E-state index in [2.05, 4.69) is 5.32 Å². The van der Waals surface area contributed by atoms with Crippen LogP contribution in [0.4, 0.5) is 10.1 Å². The second-order valence-electron chi connectivity index (χ2n) is 4.82. The Bertz CT molecular complexity index is 532. The monoisotopic (exact) mass is 281 g/mol. The second kappa shape index (κ2) is 5.90. The third-order valence-electron chi connectivity index (χ3n) is 3.59. The van der Waals surface area contributed by atoms with E-state index in [1.807, 2.05) is 0 Å². The summed E-state index contributed by atoms with van der Waals surface area (Å²) in [6.07, 6.45) is 1.79. The number of amides is 1. The molecule has 1 amide bonds. The summed E-state index contributed by atoms with van der Waals surface area (Å²) < 4.78 is 18.1. The Morgan fingerprint density at radius 2 is 2.05 bits per heavy atom. The minimum absolute atomic E-state index is 0.0315. The molecule has 0 aromatic heterocycles. The number of carbonyl (C=O) groups excluding carboxylic acids is 1. The number of nitrogens with one attached hydrogen (secondary N) is 1. The first-order valence-corrected chi connectivity index (χ1v) is 6.40. The van der Waals surface area contributed by atoms with Crippen LogP contribution in [-0.2, 0) is 9.59 Å². The highest BCUT2D eigenvalue weighted by Gasteiger charge is 2.37. The maximum absolute atomic E-state index is 13.3. The number of rotatable bonds is 4. The number of carbonyl (C=O) groups is 2. The van der Waals surface area contributed by atoms with Gasteiger partial charge in [-0.25, -0.2) is 4.39 Å². The van der Waals surface area contributed by atoms with Crippen molar-refractivity contribution in [1.82, 2.24) is 0 Å². The molecule has 0 saturated heterocycles. The zero-order valence-electron chi connectivity index (χ0n) is 11.1. The van der Waals surface area contributed by atoms with Gasteiger partial charge in [0.1, 0.15) is 0 Å². The van der Waals surface area contributed by atoms with Crippen LogP contribution in [0.1, 0.15) is 19.3 Å². The molecule has 108 valence electrons. The van der Waals surface area contributed by atoms with Gasteiger partial charge in [-0.2, -0.15) is 0 Å². The van der Waals surface area contributed by atoms with Crippen LogP contribution < -0.4 is 10.1 Å². The van der Waals surface area contributed by atoms with Crippen LogP contribution in [-0.4, -0.2) is 24.1 Å². The predicted octanol–water partition coefficient (Wildman–Crippen LogP) is 2.27. The number of aliphatic carboxylic acids is 1. The SMILES string of the molecule is COc1cc(NC(=O)C2CCCC2C(=O)O)ccc1F. The van der Waals surface area contributed by atoms with Crippen molar-refractivity contribution in [2.75, 3.05) is 12.4 Å². The van der Waals surface area contributed by atoms with Gasteiger partial charge in [-0.15, -0.1) is 0 Å². The molecule has 0 aliphatic heterocycles. The van der Waals surface area contributed by atoms with E-state index >= 15 is 0 Å². The van der Waals surface area contributed by atoms with Gasteiger partial charge in [0.05, 0.1) is 18.9 Å². The van der Waals surface area contributed by atoms with Gasteiger partial charge in [0.15, 0.2) is 11.6 Å². The van der Waals surface area contributed by atoms with Gasteiger partial charge in [0, 0.05) is 11.8 Å². The minimum atomic E-state index is -0.945. The molecule has 0 heterocycles. The number of hydrogen-bond donors (Lipinski definition) is 2. The van der Waals surface area contributed by atoms with Crippen LogP contribution in [0.2, 0.25) is 0 Å². The van der Waals surface area contributed by atoms with Crippen LogP contribution >= 0.6 is 0 Å². The molecule has 1 aliphatic rings. The van der Waals surface area contributed by atoms with Crippen molar-refractivity contribution in [2.45, 2.75) is 19.3 Å². The first kappa shape index (κ1) is 14.3. The molecule has 1 saturated carbocycles. The third-order valence-corrected chi connectivity index (χ3v) is 3.59. The minimum Gasteiger partial charge on any atom is -0.494 e. The van der Waals surface area contributed by atoms with Gasteiger partial charge in [-0.05, 0) is 25.0 Å². The summed E-state index contributed by atoms with van der Waals surface area (Å²) in [5.74, 6) is -2.96. The molecule has 0 bridgehead atoms. The molecule has 2 unspecified atom stereocenters. The molecular formula is C14H16FNO4. The smallest absolute Gasteiger partial charge is 0.307 e. The first-order valence-electron chi connectivity index (χ1n) is 6.40. The Kier molecular flexibility index (Phi) is 4.22. The Balaban J connectivity index is 2.09. The van der Waals surface area contributed by atoms with E-state index in [-0.39, 0.29) is 11.7 Å². The van der Waals surface area contributed by atoms with Gasteiger partial charge >= 0.3 is 5.97 Å². The highest BCUT2D eigenvalue weighted by molar-refractivity contribution is 5.95. The Hall–Kier alpha value is -2.11. The van der Waals surface area contributed by atoms with Gasteiger partial charge in [-0.3, -0.25) is 9.59 Å². The lowest BCUT2D eigenvalue weighted by Crippen LogP contribution is -2.30. The van der Waals surface area contributed by atoms with Gasteiger partial charge in [0.25, 0.3) is 0 Å². The zero-order chi connectivity index (χ0) is 14.7. The lowest BCUT2D eigenvalue weighted by Gasteiger charge is -2.16. The van der Waals surface area contributed by atoms with Crippen LogP contribution in [0.25, 0.3) is 0 Å². The normalized spacial score (nSPS) is 21.5. The fraction of sp³-hybridized carbons (Fsp3) is 0.429. The van der Waals surface area contributed by atoms with Crippen molar-refractivity contribution in [1.29, 1.82) is 0 Å². The summed E-state index contributed by atoms with van der Waals surface area (Å²) in [6.45, 7) is 0. The molecule has 1 aromatic carbocycles. The van der Waals surface area contributed by atoms with Crippen LogP contribution in [0.15, 0.2) is 18.2 Å². The summed E-state index contributed by atoms with van der Waals surface area (Å²) in [5, 5.41) is 11.7. The number of methoxy groups -OCH3 is 1. The predicted molar refractivity (Wildman–Crippen MR) is 70.0 cm³/mol. The summed E-state index contributed by atoms with van der Waals surface area (Å²) in [7, 11) is 1.33. The molecule has 2 N–H and O–H groups in total. The van der Waals surface area contributed by atoms with E-state index < -0.39 is 23.6 Å². The van der Waals surface area contributed by atoms with E-state index in [9.17, 15) is 14.0 Å². The zero-order valence-corrected chi connectivity index (χ0v) is 11.1. The number of halogens is 1. The summed E-state index contributed by atoms with van der Waals surface area (Å²) in [4.78, 5) is 23.2. The lowest BCUT2D eigenvalue weighted by atomic mass is 9.95. The first-order chi connectivity index (χ1) is 9.52. The van der Waals surface area contributed by atoms with Crippen molar-refractivity contribution >= 4 is 17.6 Å². The average molecular weight is 281 g/mol. The Morgan fingerprint density at radius 3 is 2.70 bits per heavy atom. The van der Waals surface area contributed by atoms with E-state index in [4.69, 9.17) is 9.84 Å². The maximum Gasteiger partial charge on any atom is 0.307 e. The van der Waals surface area contributed by atoms with Crippen molar-refractivity contribution in [2.24, 2.45) is 11.8 Å². The van der Waals surface area contributed by atoms with Gasteiger partial charge < -0.3 is 15.2 Å². The standard InChI is InChI=1S/C14H16FNO4/c1-20-12-7-8(5-6-11(12)15)16-13(17)9-3-2-4-10(9)14(18)19/h5-7,9-10H,2-4H2,1H3,(H,16,17)(H,18,19). The molecule has 1 aliphatic carbocycles. The number of benzene rings is 1. The highest BCUT2D eigenvalue weighted by atomic mass is 19.1. The third kappa shape index (κ3) is 2.89. The van der Waals surface area contributed by atoms with E-state index in [0.29, 0.717) is 18.5 Å². The van der Waals surface area contributed by atoms with Crippen LogP contribution in [0, 0.1) is 17.7 Å². The van der Waals surface area contributed by atoms with Crippen LogP contribution in [0.5, 0.6) is 5.75 Å². The number of carboxylic acids is 1. The van der Waals surface area contributed by atoms with Gasteiger partial charge in [0.2, 0.25) is 5.91 Å². The highest BCUT2D eigenvalue weighted by Crippen LogP contribution is 2.33. The summed E-state index contributed by atoms with van der Waals surface area (Å²) in [6, 6.07) is 3.98. The van der Waals surface area contributed by atoms with Crippen molar-refractivity contribution < 1.29 is 23.8 Å². The Labute approximate surface area is 115 Å². The molecule has 1 fully saturated rings. The molecular weight excluding hydrogens is 265 g/mol. The Morgan fingerprint density at radius 1 is 1.35 bits per heavy atom. The molecule has 20 heavy (non-hydrogen) atoms. The number of carboxylic acid groups (broad SMARTS) is 1. The van der Waals surface area contributed by atoms with Gasteiger partial charge in [-0.1, -0.05) is 6.42 Å². The average Bonchev–Trinajstić information content (AvgIpc) is 2.90. The van der Waals surface area contributed by atoms with Crippen molar-refractivity contribution in [3.8, 4) is 5.75 Å². The van der Waals surface area contributed by atoms with Crippen LogP contribution in [0.3, 0.4) is 0 Å². The fourth-order valence-corrected chi connectivity index (χ4v) is 2.54. The van der Waals surface area contributed by atoms with Crippen molar-refractivity contribution in [3.63, 3.8) is 0 Å². The second-order valence-corrected chi connectivity index (χ2v) is 4.82. The molecule has 5 nitrogen and oxygen atoms in total. The molecule has 6 heteroatoms. The number of anilines is 1.